The van der Waals surface area contributed by atoms with Crippen molar-refractivity contribution in [3.63, 3.8) is 0 Å². The number of halogens is 3. The van der Waals surface area contributed by atoms with E-state index >= 15 is 0 Å². The number of amides is 1. The van der Waals surface area contributed by atoms with E-state index in [2.05, 4.69) is 0 Å². The van der Waals surface area contributed by atoms with E-state index in [-0.39, 0.29) is 23.0 Å². The lowest BCUT2D eigenvalue weighted by atomic mass is 10.1. The van der Waals surface area contributed by atoms with Gasteiger partial charge < -0.3 is 19.5 Å². The number of rotatable bonds is 10. The first kappa shape index (κ1) is 25.8. The Balaban J connectivity index is 2.32. The smallest absolute Gasteiger partial charge is 0.416 e. The van der Waals surface area contributed by atoms with Gasteiger partial charge in [-0.25, -0.2) is 4.79 Å². The van der Waals surface area contributed by atoms with Gasteiger partial charge in [-0.15, -0.1) is 0 Å². The highest BCUT2D eigenvalue weighted by Crippen LogP contribution is 2.35. The second kappa shape index (κ2) is 11.4. The van der Waals surface area contributed by atoms with E-state index < -0.39 is 30.9 Å². The fraction of sp³-hybridized carbons (Fsp3) is 0.333. The number of allylic oxidation sites excluding steroid dienone is 1. The van der Waals surface area contributed by atoms with Crippen LogP contribution < -0.4 is 9.47 Å². The lowest BCUT2D eigenvalue weighted by molar-refractivity contribution is -0.140. The first-order valence-electron chi connectivity index (χ1n) is 10.3. The third-order valence-electron chi connectivity index (χ3n) is 4.87. The Kier molecular flexibility index (Phi) is 8.90. The molecular weight excluding hydrogens is 439 g/mol. The molecule has 0 heterocycles. The maximum atomic E-state index is 13.2. The number of aliphatic carboxylic acids is 1. The van der Waals surface area contributed by atoms with Crippen LogP contribution in [0.3, 0.4) is 0 Å². The molecule has 2 rings (SSSR count). The minimum absolute atomic E-state index is 0.0439. The number of carboxylic acid groups (broad SMARTS) is 1. The number of alkyl halides is 3. The monoisotopic (exact) mass is 465 g/mol. The summed E-state index contributed by atoms with van der Waals surface area (Å²) in [7, 11) is 0. The van der Waals surface area contributed by atoms with E-state index in [4.69, 9.17) is 14.6 Å². The zero-order valence-corrected chi connectivity index (χ0v) is 18.6. The Morgan fingerprint density at radius 3 is 2.30 bits per heavy atom. The quantitative estimate of drug-likeness (QED) is 0.499. The van der Waals surface area contributed by atoms with Crippen LogP contribution in [0.15, 0.2) is 48.5 Å². The van der Waals surface area contributed by atoms with Gasteiger partial charge in [-0.3, -0.25) is 4.79 Å². The zero-order valence-electron chi connectivity index (χ0n) is 18.6. The molecule has 0 spiro atoms. The number of hydrogen-bond donors (Lipinski definition) is 1. The van der Waals surface area contributed by atoms with Crippen LogP contribution in [0.4, 0.5) is 13.2 Å². The van der Waals surface area contributed by atoms with Crippen molar-refractivity contribution < 1.29 is 37.3 Å². The van der Waals surface area contributed by atoms with Gasteiger partial charge in [0.15, 0.2) is 18.1 Å². The number of benzene rings is 2. The highest BCUT2D eigenvalue weighted by molar-refractivity contribution is 5.95. The molecule has 1 N–H and O–H groups in total. The Morgan fingerprint density at radius 1 is 1.03 bits per heavy atom. The van der Waals surface area contributed by atoms with Gasteiger partial charge in [-0.2, -0.15) is 13.2 Å². The minimum atomic E-state index is -4.54. The van der Waals surface area contributed by atoms with Crippen molar-refractivity contribution in [1.82, 2.24) is 4.90 Å². The van der Waals surface area contributed by atoms with Crippen LogP contribution >= 0.6 is 0 Å². The van der Waals surface area contributed by atoms with Gasteiger partial charge in [-0.1, -0.05) is 24.3 Å². The number of carbonyl (C=O) groups excluding carboxylic acids is 1. The molecule has 2 aromatic carbocycles. The van der Waals surface area contributed by atoms with E-state index in [1.54, 1.807) is 17.9 Å². The molecule has 0 bridgehead atoms. The van der Waals surface area contributed by atoms with Crippen molar-refractivity contribution in [2.24, 2.45) is 0 Å². The van der Waals surface area contributed by atoms with E-state index in [0.717, 1.165) is 6.07 Å². The number of nitrogens with zero attached hydrogens (tertiary/aromatic N) is 1. The maximum absolute atomic E-state index is 13.2. The van der Waals surface area contributed by atoms with Gasteiger partial charge in [0.05, 0.1) is 5.56 Å². The largest absolute Gasteiger partial charge is 0.485 e. The van der Waals surface area contributed by atoms with Crippen molar-refractivity contribution in [1.29, 1.82) is 0 Å². The summed E-state index contributed by atoms with van der Waals surface area (Å²) in [6.07, 6.45) is -3.07. The van der Waals surface area contributed by atoms with Crippen molar-refractivity contribution in [3.8, 4) is 11.5 Å². The van der Waals surface area contributed by atoms with Crippen molar-refractivity contribution in [2.45, 2.75) is 33.6 Å². The molecule has 0 aromatic heterocycles. The molecular formula is C24H26F3NO5. The molecule has 0 saturated carbocycles. The second-order valence-corrected chi connectivity index (χ2v) is 7.13. The summed E-state index contributed by atoms with van der Waals surface area (Å²) in [5, 5.41) is 8.96. The molecule has 0 fully saturated rings. The third kappa shape index (κ3) is 7.27. The molecule has 2 aromatic rings. The fourth-order valence-electron chi connectivity index (χ4n) is 3.10. The van der Waals surface area contributed by atoms with Crippen molar-refractivity contribution >= 4 is 17.4 Å². The first-order chi connectivity index (χ1) is 15.6. The molecule has 0 saturated heterocycles. The molecule has 33 heavy (non-hydrogen) atoms. The summed E-state index contributed by atoms with van der Waals surface area (Å²) in [6, 6.07) is 9.62. The highest BCUT2D eigenvalue weighted by Gasteiger charge is 2.33. The van der Waals surface area contributed by atoms with Crippen LogP contribution in [0.1, 0.15) is 37.5 Å². The van der Waals surface area contributed by atoms with Crippen LogP contribution in [0.2, 0.25) is 0 Å². The predicted octanol–water partition coefficient (Wildman–Crippen LogP) is 5.02. The van der Waals surface area contributed by atoms with Gasteiger partial charge in [0.2, 0.25) is 5.91 Å². The number of likely N-dealkylation sites (N-methyl/N-ethyl adjacent to an activating group) is 1. The van der Waals surface area contributed by atoms with E-state index in [9.17, 15) is 22.8 Å². The van der Waals surface area contributed by atoms with Gasteiger partial charge in [0, 0.05) is 24.7 Å². The van der Waals surface area contributed by atoms with E-state index in [1.807, 2.05) is 13.8 Å². The number of carboxylic acids is 1. The van der Waals surface area contributed by atoms with Crippen LogP contribution in [0, 0.1) is 0 Å². The average Bonchev–Trinajstić information content (AvgIpc) is 2.76. The standard InChI is InChI=1S/C24H26F3NO5/c1-4-28(5-2)22(29)12-16(3)17-10-11-20(21(13-17)33-15-23(30)31)32-14-18-8-6-7-9-19(18)24(25,26)27/h6-13H,4-5,14-15H2,1-3H3,(H,30,31)/b16-12-. The zero-order chi connectivity index (χ0) is 24.6. The molecule has 0 radical (unpaired) electrons. The summed E-state index contributed by atoms with van der Waals surface area (Å²) in [4.78, 5) is 25.0. The summed E-state index contributed by atoms with van der Waals surface area (Å²) in [5.41, 5.74) is 0.308. The van der Waals surface area contributed by atoms with E-state index in [1.165, 1.54) is 36.4 Å². The van der Waals surface area contributed by atoms with Crippen LogP contribution in [0.5, 0.6) is 11.5 Å². The lowest BCUT2D eigenvalue weighted by Crippen LogP contribution is -2.28. The van der Waals surface area contributed by atoms with E-state index in [0.29, 0.717) is 24.2 Å². The molecule has 0 aliphatic heterocycles. The molecule has 1 amide bonds. The Labute approximate surface area is 190 Å². The van der Waals surface area contributed by atoms with Crippen LogP contribution in [0.25, 0.3) is 5.57 Å². The van der Waals surface area contributed by atoms with Crippen LogP contribution in [-0.2, 0) is 22.4 Å². The Morgan fingerprint density at radius 2 is 1.70 bits per heavy atom. The van der Waals surface area contributed by atoms with Crippen molar-refractivity contribution in [3.05, 3.63) is 65.2 Å². The summed E-state index contributed by atoms with van der Waals surface area (Å²) in [5.74, 6) is -1.27. The lowest BCUT2D eigenvalue weighted by Gasteiger charge is -2.18. The van der Waals surface area contributed by atoms with Crippen LogP contribution in [-0.4, -0.2) is 41.6 Å². The summed E-state index contributed by atoms with van der Waals surface area (Å²) < 4.78 is 50.6. The van der Waals surface area contributed by atoms with Gasteiger partial charge in [0.25, 0.3) is 0 Å². The summed E-state index contributed by atoms with van der Waals surface area (Å²) in [6.45, 7) is 5.50. The third-order valence-corrected chi connectivity index (χ3v) is 4.87. The molecule has 0 aliphatic carbocycles. The molecule has 0 aliphatic rings. The Hall–Kier alpha value is -3.49. The molecule has 0 atom stereocenters. The Bertz CT molecular complexity index is 1010. The molecule has 9 heteroatoms. The fourth-order valence-corrected chi connectivity index (χ4v) is 3.10. The minimum Gasteiger partial charge on any atom is -0.485 e. The SMILES string of the molecule is CCN(CC)C(=O)/C=C(/C)c1ccc(OCc2ccccc2C(F)(F)F)c(OCC(=O)O)c1. The highest BCUT2D eigenvalue weighted by atomic mass is 19.4. The molecule has 0 unspecified atom stereocenters. The molecule has 6 nitrogen and oxygen atoms in total. The average molecular weight is 465 g/mol. The molecule has 178 valence electrons. The normalized spacial score (nSPS) is 11.8. The number of hydrogen-bond acceptors (Lipinski definition) is 4. The topological polar surface area (TPSA) is 76.1 Å². The van der Waals surface area contributed by atoms with Gasteiger partial charge >= 0.3 is 12.1 Å². The first-order valence-corrected chi connectivity index (χ1v) is 10.3. The number of carbonyl (C=O) groups is 2. The van der Waals surface area contributed by atoms with Gasteiger partial charge in [0.1, 0.15) is 6.61 Å². The van der Waals surface area contributed by atoms with Crippen molar-refractivity contribution in [2.75, 3.05) is 19.7 Å². The maximum Gasteiger partial charge on any atom is 0.416 e. The summed E-state index contributed by atoms with van der Waals surface area (Å²) >= 11 is 0. The second-order valence-electron chi connectivity index (χ2n) is 7.13. The predicted molar refractivity (Wildman–Crippen MR) is 117 cm³/mol. The van der Waals surface area contributed by atoms with Gasteiger partial charge in [-0.05, 0) is 50.1 Å². The number of ether oxygens (including phenoxy) is 2.